The Hall–Kier alpha value is -0.943. The third-order valence-corrected chi connectivity index (χ3v) is 9.51. The first-order chi connectivity index (χ1) is 11.1. The molecule has 1 heterocycles. The molecular formula is C19H34O4Si. The Morgan fingerprint density at radius 1 is 1.12 bits per heavy atom. The van der Waals surface area contributed by atoms with E-state index in [4.69, 9.17) is 9.16 Å². The van der Waals surface area contributed by atoms with Crippen LogP contribution in [0.2, 0.25) is 18.1 Å². The van der Waals surface area contributed by atoms with Gasteiger partial charge in [0.2, 0.25) is 0 Å². The van der Waals surface area contributed by atoms with Gasteiger partial charge in [0.15, 0.2) is 14.1 Å². The van der Waals surface area contributed by atoms with Gasteiger partial charge < -0.3 is 9.16 Å². The first kappa shape index (κ1) is 21.1. The van der Waals surface area contributed by atoms with Gasteiger partial charge in [0, 0.05) is 6.10 Å². The summed E-state index contributed by atoms with van der Waals surface area (Å²) in [5.74, 6) is -0.612. The Morgan fingerprint density at radius 3 is 2.46 bits per heavy atom. The monoisotopic (exact) mass is 354 g/mol. The molecule has 0 N–H and O–H groups in total. The van der Waals surface area contributed by atoms with Crippen LogP contribution in [-0.2, 0) is 18.8 Å². The van der Waals surface area contributed by atoms with Crippen molar-refractivity contribution in [1.82, 2.24) is 0 Å². The summed E-state index contributed by atoms with van der Waals surface area (Å²) in [6.45, 7) is 11.7. The summed E-state index contributed by atoms with van der Waals surface area (Å²) in [5, 5.41) is 0.176. The van der Waals surface area contributed by atoms with Gasteiger partial charge >= 0.3 is 5.97 Å². The van der Waals surface area contributed by atoms with Gasteiger partial charge in [0.25, 0.3) is 0 Å². The summed E-state index contributed by atoms with van der Waals surface area (Å²) in [7, 11) is -1.82. The lowest BCUT2D eigenvalue weighted by molar-refractivity contribution is -0.145. The van der Waals surface area contributed by atoms with E-state index in [2.05, 4.69) is 33.9 Å². The Bertz CT molecular complexity index is 449. The van der Waals surface area contributed by atoms with Crippen LogP contribution in [0.25, 0.3) is 0 Å². The zero-order valence-corrected chi connectivity index (χ0v) is 17.0. The van der Waals surface area contributed by atoms with E-state index in [1.165, 1.54) is 6.08 Å². The molecule has 0 saturated heterocycles. The third kappa shape index (κ3) is 7.75. The Kier molecular flexibility index (Phi) is 8.37. The number of carbonyl (C=O) groups excluding carboxylic acids is 2. The first-order valence-electron chi connectivity index (χ1n) is 9.14. The molecule has 1 rings (SSSR count). The fraction of sp³-hybridized carbons (Fsp3) is 0.789. The molecule has 0 aliphatic carbocycles. The van der Waals surface area contributed by atoms with Crippen molar-refractivity contribution < 1.29 is 18.8 Å². The molecule has 4 nitrogen and oxygen atoms in total. The van der Waals surface area contributed by atoms with E-state index >= 15 is 0 Å². The normalized spacial score (nSPS) is 24.1. The second-order valence-corrected chi connectivity index (χ2v) is 13.0. The van der Waals surface area contributed by atoms with Crippen LogP contribution in [0.1, 0.15) is 65.7 Å². The molecule has 0 radical (unpaired) electrons. The van der Waals surface area contributed by atoms with Crippen molar-refractivity contribution in [3.8, 4) is 0 Å². The number of rotatable bonds is 2. The molecule has 1 aliphatic heterocycles. The van der Waals surface area contributed by atoms with E-state index in [9.17, 15) is 9.59 Å². The van der Waals surface area contributed by atoms with Gasteiger partial charge in [-0.15, -0.1) is 0 Å². The van der Waals surface area contributed by atoms with Crippen LogP contribution in [-0.4, -0.2) is 32.8 Å². The second-order valence-electron chi connectivity index (χ2n) is 8.20. The third-order valence-electron chi connectivity index (χ3n) is 4.97. The van der Waals surface area contributed by atoms with E-state index in [0.717, 1.165) is 38.5 Å². The van der Waals surface area contributed by atoms with Gasteiger partial charge in [-0.3, -0.25) is 9.59 Å². The molecule has 0 aromatic rings. The minimum Gasteiger partial charge on any atom is -0.465 e. The van der Waals surface area contributed by atoms with Crippen molar-refractivity contribution >= 4 is 20.1 Å². The molecule has 0 spiro atoms. The lowest BCUT2D eigenvalue weighted by Crippen LogP contribution is -2.43. The average molecular weight is 355 g/mol. The minimum atomic E-state index is -1.82. The van der Waals surface area contributed by atoms with Gasteiger partial charge in [-0.25, -0.2) is 0 Å². The Balaban J connectivity index is 2.73. The SMILES string of the molecule is CC(C)(C)[Si](C)(C)OC1C/C=C/C(=O)CC(=O)OCCCCCC1. The fourth-order valence-electron chi connectivity index (χ4n) is 2.44. The van der Waals surface area contributed by atoms with E-state index in [1.807, 2.05) is 6.08 Å². The zero-order chi connectivity index (χ0) is 18.2. The lowest BCUT2D eigenvalue weighted by Gasteiger charge is -2.39. The summed E-state index contributed by atoms with van der Waals surface area (Å²) in [5.41, 5.74) is 0. The maximum Gasteiger partial charge on any atom is 0.313 e. The molecule has 1 unspecified atom stereocenters. The van der Waals surface area contributed by atoms with Crippen molar-refractivity contribution in [2.45, 2.75) is 90.0 Å². The highest BCUT2D eigenvalue weighted by atomic mass is 28.4. The predicted molar refractivity (Wildman–Crippen MR) is 99.5 cm³/mol. The summed E-state index contributed by atoms with van der Waals surface area (Å²) in [4.78, 5) is 23.3. The van der Waals surface area contributed by atoms with Gasteiger partial charge in [-0.1, -0.05) is 46.1 Å². The summed E-state index contributed by atoms with van der Waals surface area (Å²) >= 11 is 0. The summed E-state index contributed by atoms with van der Waals surface area (Å²) in [6, 6.07) is 0. The van der Waals surface area contributed by atoms with Gasteiger partial charge in [0.05, 0.1) is 6.61 Å². The topological polar surface area (TPSA) is 52.6 Å². The molecule has 0 fully saturated rings. The standard InChI is InChI=1S/C19H34O4Si/c1-19(2,3)24(4,5)23-17-12-8-6-7-9-14-22-18(21)15-16(20)11-10-13-17/h10-11,17H,6-9,12-15H2,1-5H3/b11-10+. The highest BCUT2D eigenvalue weighted by molar-refractivity contribution is 6.74. The van der Waals surface area contributed by atoms with Crippen LogP contribution in [0.4, 0.5) is 0 Å². The maximum atomic E-state index is 11.8. The lowest BCUT2D eigenvalue weighted by atomic mass is 10.1. The number of carbonyl (C=O) groups is 2. The van der Waals surface area contributed by atoms with Gasteiger partial charge in [-0.05, 0) is 43.5 Å². The van der Waals surface area contributed by atoms with Crippen molar-refractivity contribution in [2.75, 3.05) is 6.61 Å². The number of hydrogen-bond acceptors (Lipinski definition) is 4. The number of ether oxygens (including phenoxy) is 1. The molecule has 0 bridgehead atoms. The smallest absolute Gasteiger partial charge is 0.313 e. The molecule has 5 heteroatoms. The van der Waals surface area contributed by atoms with Crippen LogP contribution in [0, 0.1) is 0 Å². The van der Waals surface area contributed by atoms with Gasteiger partial charge in [-0.2, -0.15) is 0 Å². The maximum absolute atomic E-state index is 11.8. The van der Waals surface area contributed by atoms with E-state index in [-0.39, 0.29) is 23.3 Å². The molecule has 0 aromatic heterocycles. The fourth-order valence-corrected chi connectivity index (χ4v) is 3.84. The predicted octanol–water partition coefficient (Wildman–Crippen LogP) is 4.79. The van der Waals surface area contributed by atoms with Crippen LogP contribution >= 0.6 is 0 Å². The molecular weight excluding hydrogens is 320 g/mol. The second kappa shape index (κ2) is 9.52. The number of ketones is 1. The number of esters is 1. The molecule has 0 aromatic carbocycles. The highest BCUT2D eigenvalue weighted by Crippen LogP contribution is 2.38. The first-order valence-corrected chi connectivity index (χ1v) is 12.1. The van der Waals surface area contributed by atoms with Crippen LogP contribution in [0.5, 0.6) is 0 Å². The number of allylic oxidation sites excluding steroid dienone is 1. The van der Waals surface area contributed by atoms with E-state index in [1.54, 1.807) is 0 Å². The molecule has 138 valence electrons. The highest BCUT2D eigenvalue weighted by Gasteiger charge is 2.38. The Labute approximate surface area is 148 Å². The minimum absolute atomic E-state index is 0.157. The van der Waals surface area contributed by atoms with E-state index < -0.39 is 14.3 Å². The van der Waals surface area contributed by atoms with Crippen molar-refractivity contribution in [3.63, 3.8) is 0 Å². The molecule has 1 aliphatic rings. The zero-order valence-electron chi connectivity index (χ0n) is 16.0. The van der Waals surface area contributed by atoms with Gasteiger partial charge in [0.1, 0.15) is 6.42 Å². The van der Waals surface area contributed by atoms with Crippen molar-refractivity contribution in [1.29, 1.82) is 0 Å². The molecule has 1 atom stereocenters. The quantitative estimate of drug-likeness (QED) is 0.406. The number of hydrogen-bond donors (Lipinski definition) is 0. The molecule has 0 amide bonds. The summed E-state index contributed by atoms with van der Waals surface area (Å²) < 4.78 is 11.6. The van der Waals surface area contributed by atoms with Crippen LogP contribution in [0.3, 0.4) is 0 Å². The van der Waals surface area contributed by atoms with Crippen molar-refractivity contribution in [2.24, 2.45) is 0 Å². The van der Waals surface area contributed by atoms with E-state index in [0.29, 0.717) is 6.61 Å². The van der Waals surface area contributed by atoms with Crippen LogP contribution in [0.15, 0.2) is 12.2 Å². The van der Waals surface area contributed by atoms with Crippen molar-refractivity contribution in [3.05, 3.63) is 12.2 Å². The largest absolute Gasteiger partial charge is 0.465 e. The number of cyclic esters (lactones) is 1. The Morgan fingerprint density at radius 2 is 1.79 bits per heavy atom. The summed E-state index contributed by atoms with van der Waals surface area (Å²) in [6.07, 6.45) is 9.25. The molecule has 24 heavy (non-hydrogen) atoms. The molecule has 0 saturated carbocycles. The van der Waals surface area contributed by atoms with Crippen LogP contribution < -0.4 is 0 Å². The average Bonchev–Trinajstić information content (AvgIpc) is 2.43.